The molecule has 0 saturated carbocycles. The monoisotopic (exact) mass is 907 g/mol. The van der Waals surface area contributed by atoms with Gasteiger partial charge in [-0.15, -0.1) is 0 Å². The van der Waals surface area contributed by atoms with Crippen molar-refractivity contribution in [1.29, 1.82) is 0 Å². The first kappa shape index (κ1) is 40.1. The molecule has 0 aliphatic heterocycles. The number of hydrogen-bond acceptors (Lipinski definition) is 0. The van der Waals surface area contributed by atoms with Crippen LogP contribution in [0.2, 0.25) is 0 Å². The van der Waals surface area contributed by atoms with Crippen molar-refractivity contribution < 1.29 is 0 Å². The van der Waals surface area contributed by atoms with Gasteiger partial charge >= 0.3 is 0 Å². The van der Waals surface area contributed by atoms with Gasteiger partial charge in [0.1, 0.15) is 0 Å². The van der Waals surface area contributed by atoms with Gasteiger partial charge in [0.25, 0.3) is 0 Å². The maximum atomic E-state index is 2.50. The van der Waals surface area contributed by atoms with Crippen LogP contribution in [0.1, 0.15) is 0 Å². The Kier molecular flexibility index (Phi) is 9.23. The molecule has 0 aliphatic rings. The molecular formula is C66H45N3Si. The molecule has 3 aromatic heterocycles. The minimum absolute atomic E-state index is 1.13. The molecular weight excluding hydrogens is 863 g/mol. The molecule has 14 aromatic rings. The number of fused-ring (bicyclic) bond motifs is 9. The highest BCUT2D eigenvalue weighted by atomic mass is 28.3. The molecule has 0 radical (unpaired) electrons. The number of para-hydroxylation sites is 5. The van der Waals surface area contributed by atoms with E-state index in [-0.39, 0.29) is 0 Å². The maximum Gasteiger partial charge on any atom is 0.179 e. The zero-order valence-corrected chi connectivity index (χ0v) is 39.3. The first-order valence-corrected chi connectivity index (χ1v) is 26.2. The molecule has 0 unspecified atom stereocenters. The van der Waals surface area contributed by atoms with E-state index in [1.165, 1.54) is 97.3 Å². The number of benzene rings is 11. The average Bonchev–Trinajstić information content (AvgIpc) is 4.08. The summed E-state index contributed by atoms with van der Waals surface area (Å²) in [7, 11) is -2.71. The molecule has 3 nitrogen and oxygen atoms in total. The third-order valence-corrected chi connectivity index (χ3v) is 19.6. The first-order valence-electron chi connectivity index (χ1n) is 24.2. The fourth-order valence-electron chi connectivity index (χ4n) is 11.8. The topological polar surface area (TPSA) is 14.8 Å². The van der Waals surface area contributed by atoms with E-state index in [9.17, 15) is 0 Å². The molecule has 328 valence electrons. The second kappa shape index (κ2) is 16.1. The van der Waals surface area contributed by atoms with Crippen LogP contribution in [0.4, 0.5) is 0 Å². The predicted octanol–water partition coefficient (Wildman–Crippen LogP) is 14.0. The van der Waals surface area contributed by atoms with Crippen LogP contribution in [0.3, 0.4) is 0 Å². The summed E-state index contributed by atoms with van der Waals surface area (Å²) in [6.45, 7) is 0. The number of nitrogens with zero attached hydrogens (tertiary/aromatic N) is 3. The van der Waals surface area contributed by atoms with Crippen LogP contribution in [0, 0.1) is 0 Å². The number of rotatable bonds is 8. The zero-order chi connectivity index (χ0) is 46.2. The van der Waals surface area contributed by atoms with E-state index in [0.717, 1.165) is 17.1 Å². The van der Waals surface area contributed by atoms with Gasteiger partial charge in [0.05, 0.1) is 38.8 Å². The molecule has 0 bridgehead atoms. The van der Waals surface area contributed by atoms with Gasteiger partial charge in [-0.2, -0.15) is 0 Å². The Morgan fingerprint density at radius 3 is 1.26 bits per heavy atom. The first-order chi connectivity index (χ1) is 34.8. The smallest absolute Gasteiger partial charge is 0.179 e. The van der Waals surface area contributed by atoms with E-state index >= 15 is 0 Å². The lowest BCUT2D eigenvalue weighted by atomic mass is 10.0. The molecule has 3 heterocycles. The maximum absolute atomic E-state index is 2.71. The van der Waals surface area contributed by atoms with Gasteiger partial charge in [0.2, 0.25) is 0 Å². The molecule has 14 rings (SSSR count). The van der Waals surface area contributed by atoms with Gasteiger partial charge in [-0.25, -0.2) is 0 Å². The third kappa shape index (κ3) is 6.00. The Bertz CT molecular complexity index is 4170. The second-order valence-electron chi connectivity index (χ2n) is 18.4. The van der Waals surface area contributed by atoms with Crippen molar-refractivity contribution in [1.82, 2.24) is 13.7 Å². The SMILES string of the molecule is c1ccc(-n2c3ccccc3c3ccc(-c4ccc5c(c4)c4ccccc4n5-c4cccc5c6ccccc6n(-c6ccc([Si](c7ccccc7)(c7ccccc7)c7ccccc7)cc6)c45)cc32)cc1. The van der Waals surface area contributed by atoms with Crippen molar-refractivity contribution in [2.24, 2.45) is 0 Å². The summed E-state index contributed by atoms with van der Waals surface area (Å²) in [5.41, 5.74) is 12.9. The van der Waals surface area contributed by atoms with Crippen LogP contribution in [0.25, 0.3) is 93.6 Å². The van der Waals surface area contributed by atoms with Crippen LogP contribution >= 0.6 is 0 Å². The lowest BCUT2D eigenvalue weighted by molar-refractivity contribution is 1.13. The Morgan fingerprint density at radius 2 is 0.643 bits per heavy atom. The van der Waals surface area contributed by atoms with Crippen LogP contribution in [0.15, 0.2) is 273 Å². The number of aromatic nitrogens is 3. The molecule has 0 amide bonds. The summed E-state index contributed by atoms with van der Waals surface area (Å²) in [5, 5.41) is 12.9. The molecule has 0 N–H and O–H groups in total. The summed E-state index contributed by atoms with van der Waals surface area (Å²) < 4.78 is 7.39. The van der Waals surface area contributed by atoms with Gasteiger partial charge < -0.3 is 13.7 Å². The molecule has 4 heteroatoms. The van der Waals surface area contributed by atoms with Crippen molar-refractivity contribution in [3.63, 3.8) is 0 Å². The van der Waals surface area contributed by atoms with E-state index in [1.54, 1.807) is 0 Å². The van der Waals surface area contributed by atoms with Crippen molar-refractivity contribution in [3.05, 3.63) is 273 Å². The van der Waals surface area contributed by atoms with Crippen LogP contribution in [-0.2, 0) is 0 Å². The molecule has 0 spiro atoms. The van der Waals surface area contributed by atoms with E-state index in [1.807, 2.05) is 0 Å². The van der Waals surface area contributed by atoms with Crippen LogP contribution in [-0.4, -0.2) is 21.8 Å². The molecule has 70 heavy (non-hydrogen) atoms. The van der Waals surface area contributed by atoms with E-state index in [2.05, 4.69) is 287 Å². The summed E-state index contributed by atoms with van der Waals surface area (Å²) in [6.07, 6.45) is 0. The molecule has 0 fully saturated rings. The van der Waals surface area contributed by atoms with Crippen LogP contribution in [0.5, 0.6) is 0 Å². The highest BCUT2D eigenvalue weighted by molar-refractivity contribution is 7.19. The lowest BCUT2D eigenvalue weighted by Gasteiger charge is -2.34. The lowest BCUT2D eigenvalue weighted by Crippen LogP contribution is -2.74. The van der Waals surface area contributed by atoms with Gasteiger partial charge in [0.15, 0.2) is 8.07 Å². The van der Waals surface area contributed by atoms with Gasteiger partial charge in [-0.1, -0.05) is 206 Å². The zero-order valence-electron chi connectivity index (χ0n) is 38.3. The van der Waals surface area contributed by atoms with Gasteiger partial charge in [-0.3, -0.25) is 0 Å². The highest BCUT2D eigenvalue weighted by Gasteiger charge is 2.41. The second-order valence-corrected chi connectivity index (χ2v) is 22.2. The molecule has 11 aromatic carbocycles. The molecule has 0 atom stereocenters. The van der Waals surface area contributed by atoms with E-state index < -0.39 is 8.07 Å². The van der Waals surface area contributed by atoms with Gasteiger partial charge in [0, 0.05) is 43.7 Å². The molecule has 0 saturated heterocycles. The number of hydrogen-bond donors (Lipinski definition) is 0. The van der Waals surface area contributed by atoms with Gasteiger partial charge in [-0.05, 0) is 98.6 Å². The van der Waals surface area contributed by atoms with Crippen LogP contribution < -0.4 is 20.7 Å². The van der Waals surface area contributed by atoms with Crippen molar-refractivity contribution >= 4 is 94.2 Å². The fraction of sp³-hybridized carbons (Fsp3) is 0. The largest absolute Gasteiger partial charge is 0.309 e. The highest BCUT2D eigenvalue weighted by Crippen LogP contribution is 2.41. The normalized spacial score (nSPS) is 12.0. The summed E-state index contributed by atoms with van der Waals surface area (Å²) in [6, 6.07) is 101. The summed E-state index contributed by atoms with van der Waals surface area (Å²) in [5.74, 6) is 0. The standard InChI is InChI=1S/C66H45N3Si/c1-5-20-48(21-6-1)67-60-32-16-13-28-54(60)57-42-36-47(45-65(57)67)46-37-43-63-59(44-46)56-30-15-18-34-62(56)69(63)64-35-19-31-58-55-29-14-17-33-61(55)68(66(58)64)49-38-40-53(41-39-49)70(50-22-7-2-8-23-50,51-24-9-3-10-25-51)52-26-11-4-12-27-52/h1-45H. The van der Waals surface area contributed by atoms with Crippen molar-refractivity contribution in [2.75, 3.05) is 0 Å². The minimum Gasteiger partial charge on any atom is -0.309 e. The predicted molar refractivity (Wildman–Crippen MR) is 299 cm³/mol. The molecule has 0 aliphatic carbocycles. The Hall–Kier alpha value is -8.96. The van der Waals surface area contributed by atoms with Crippen molar-refractivity contribution in [2.45, 2.75) is 0 Å². The Morgan fingerprint density at radius 1 is 0.229 bits per heavy atom. The Labute approximate surface area is 407 Å². The van der Waals surface area contributed by atoms with E-state index in [0.29, 0.717) is 0 Å². The fourth-order valence-corrected chi connectivity index (χ4v) is 16.5. The quantitative estimate of drug-likeness (QED) is 0.107. The van der Waals surface area contributed by atoms with Crippen molar-refractivity contribution in [3.8, 4) is 28.2 Å². The third-order valence-electron chi connectivity index (χ3n) is 14.8. The average molecular weight is 908 g/mol. The Balaban J connectivity index is 0.964. The summed E-state index contributed by atoms with van der Waals surface area (Å²) in [4.78, 5) is 0. The minimum atomic E-state index is -2.71. The van der Waals surface area contributed by atoms with E-state index in [4.69, 9.17) is 0 Å². The summed E-state index contributed by atoms with van der Waals surface area (Å²) >= 11 is 0.